The Labute approximate surface area is 299 Å². The molecule has 0 aliphatic carbocycles. The number of nitrogens with zero attached hydrogens (tertiary/aromatic N) is 4. The van der Waals surface area contributed by atoms with Crippen LogP contribution < -0.4 is 0 Å². The summed E-state index contributed by atoms with van der Waals surface area (Å²) in [6.45, 7) is 0. The van der Waals surface area contributed by atoms with Gasteiger partial charge in [-0.1, -0.05) is 92.5 Å². The highest BCUT2D eigenvalue weighted by atomic mass is 79.9. The molecule has 0 aliphatic heterocycles. The quantitative estimate of drug-likeness (QED) is 0.169. The van der Waals surface area contributed by atoms with E-state index in [-0.39, 0.29) is 0 Å². The van der Waals surface area contributed by atoms with Gasteiger partial charge in [0.1, 0.15) is 11.2 Å². The van der Waals surface area contributed by atoms with Crippen LogP contribution in [0.1, 0.15) is 0 Å². The van der Waals surface area contributed by atoms with E-state index in [1.54, 1.807) is 0 Å². The molecule has 0 fully saturated rings. The lowest BCUT2D eigenvalue weighted by Crippen LogP contribution is -1.99. The van der Waals surface area contributed by atoms with Gasteiger partial charge in [-0.05, 0) is 97.1 Å². The topological polar surface area (TPSA) is 48.8 Å². The van der Waals surface area contributed by atoms with E-state index < -0.39 is 0 Å². The van der Waals surface area contributed by atoms with Gasteiger partial charge in [0, 0.05) is 42.0 Å². The van der Waals surface area contributed by atoms with Crippen LogP contribution in [0.2, 0.25) is 0 Å². The fourth-order valence-corrected chi connectivity index (χ4v) is 6.86. The van der Waals surface area contributed by atoms with Gasteiger partial charge in [-0.2, -0.15) is 10.2 Å². The molecule has 0 N–H and O–H groups in total. The lowest BCUT2D eigenvalue weighted by molar-refractivity contribution is 0.669. The summed E-state index contributed by atoms with van der Waals surface area (Å²) in [5, 5.41) is 12.2. The van der Waals surface area contributed by atoms with Crippen molar-refractivity contribution < 1.29 is 4.42 Å². The molecule has 6 aromatic carbocycles. The van der Waals surface area contributed by atoms with Crippen LogP contribution in [0, 0.1) is 0 Å². The normalized spacial score (nSPS) is 11.5. The lowest BCUT2D eigenvalue weighted by Gasteiger charge is -2.09. The first kappa shape index (κ1) is 29.6. The molecule has 49 heavy (non-hydrogen) atoms. The van der Waals surface area contributed by atoms with E-state index in [0.29, 0.717) is 0 Å². The number of fused-ring (bicyclic) bond motifs is 3. The zero-order valence-corrected chi connectivity index (χ0v) is 29.1. The van der Waals surface area contributed by atoms with Gasteiger partial charge in [0.2, 0.25) is 0 Å². The SMILES string of the molecule is Brc1ccc(-n2nc(-c3ccccc3)cc2-c2ccc3oc4ccc(-c5cc(-c6ccccc6)nn5-c5ccc(Br)cc5)cc4c3c2)cc1. The summed E-state index contributed by atoms with van der Waals surface area (Å²) in [6, 6.07) is 54.1. The van der Waals surface area contributed by atoms with Gasteiger partial charge in [0.15, 0.2) is 0 Å². The van der Waals surface area contributed by atoms with Crippen LogP contribution in [0.5, 0.6) is 0 Å². The monoisotopic (exact) mass is 760 g/mol. The van der Waals surface area contributed by atoms with Gasteiger partial charge in [0.25, 0.3) is 0 Å². The summed E-state index contributed by atoms with van der Waals surface area (Å²) in [4.78, 5) is 0. The number of aromatic nitrogens is 4. The molecule has 0 saturated carbocycles. The minimum Gasteiger partial charge on any atom is -0.456 e. The maximum atomic E-state index is 6.38. The minimum atomic E-state index is 0.834. The molecule has 0 bridgehead atoms. The van der Waals surface area contributed by atoms with Crippen LogP contribution in [0.25, 0.3) is 78.3 Å². The maximum absolute atomic E-state index is 6.38. The molecule has 0 amide bonds. The second-order valence-electron chi connectivity index (χ2n) is 11.9. The Balaban J connectivity index is 1.20. The van der Waals surface area contributed by atoms with E-state index >= 15 is 0 Å². The molecule has 5 nitrogen and oxygen atoms in total. The summed E-state index contributed by atoms with van der Waals surface area (Å²) in [7, 11) is 0. The molecule has 9 aromatic rings. The third-order valence-electron chi connectivity index (χ3n) is 8.76. The van der Waals surface area contributed by atoms with Crippen LogP contribution in [-0.2, 0) is 0 Å². The average Bonchev–Trinajstić information content (AvgIpc) is 3.89. The molecular formula is C42H26Br2N4O. The molecule has 0 unspecified atom stereocenters. The van der Waals surface area contributed by atoms with Crippen molar-refractivity contribution in [3.05, 3.63) is 167 Å². The second-order valence-corrected chi connectivity index (χ2v) is 13.7. The smallest absolute Gasteiger partial charge is 0.135 e. The first-order chi connectivity index (χ1) is 24.1. The Hall–Kier alpha value is -5.50. The van der Waals surface area contributed by atoms with Gasteiger partial charge in [0.05, 0.1) is 34.2 Å². The predicted octanol–water partition coefficient (Wildman–Crippen LogP) is 12.2. The molecule has 0 saturated heterocycles. The van der Waals surface area contributed by atoms with E-state index in [1.807, 2.05) is 70.0 Å². The third kappa shape index (κ3) is 5.51. The number of furan rings is 1. The molecule has 9 rings (SSSR count). The van der Waals surface area contributed by atoms with E-state index in [0.717, 1.165) is 87.3 Å². The minimum absolute atomic E-state index is 0.834. The third-order valence-corrected chi connectivity index (χ3v) is 9.82. The zero-order valence-electron chi connectivity index (χ0n) is 26.0. The van der Waals surface area contributed by atoms with Gasteiger partial charge in [-0.25, -0.2) is 9.36 Å². The summed E-state index contributed by atoms with van der Waals surface area (Å²) in [6.07, 6.45) is 0. The Bertz CT molecular complexity index is 2420. The lowest BCUT2D eigenvalue weighted by atomic mass is 10.0. The highest BCUT2D eigenvalue weighted by Gasteiger charge is 2.18. The van der Waals surface area contributed by atoms with Crippen molar-refractivity contribution in [1.82, 2.24) is 19.6 Å². The molecule has 234 valence electrons. The highest BCUT2D eigenvalue weighted by molar-refractivity contribution is 9.10. The summed E-state index contributed by atoms with van der Waals surface area (Å²) < 4.78 is 12.5. The second kappa shape index (κ2) is 12.2. The van der Waals surface area contributed by atoms with Crippen LogP contribution in [0.3, 0.4) is 0 Å². The van der Waals surface area contributed by atoms with Gasteiger partial charge in [-0.15, -0.1) is 0 Å². The van der Waals surface area contributed by atoms with Crippen LogP contribution in [0.15, 0.2) is 171 Å². The van der Waals surface area contributed by atoms with Crippen molar-refractivity contribution in [2.24, 2.45) is 0 Å². The summed E-state index contributed by atoms with van der Waals surface area (Å²) in [5.74, 6) is 0. The van der Waals surface area contributed by atoms with E-state index in [2.05, 4.69) is 129 Å². The first-order valence-electron chi connectivity index (χ1n) is 15.9. The van der Waals surface area contributed by atoms with Crippen molar-refractivity contribution in [1.29, 1.82) is 0 Å². The Morgan fingerprint density at radius 1 is 0.408 bits per heavy atom. The van der Waals surface area contributed by atoms with Crippen LogP contribution in [-0.4, -0.2) is 19.6 Å². The highest BCUT2D eigenvalue weighted by Crippen LogP contribution is 2.38. The van der Waals surface area contributed by atoms with Crippen molar-refractivity contribution in [2.75, 3.05) is 0 Å². The summed E-state index contributed by atoms with van der Waals surface area (Å²) in [5.41, 5.74) is 11.7. The van der Waals surface area contributed by atoms with Crippen LogP contribution in [0.4, 0.5) is 0 Å². The fourth-order valence-electron chi connectivity index (χ4n) is 6.33. The van der Waals surface area contributed by atoms with E-state index in [1.165, 1.54) is 0 Å². The largest absolute Gasteiger partial charge is 0.456 e. The van der Waals surface area contributed by atoms with Crippen molar-refractivity contribution >= 4 is 53.8 Å². The van der Waals surface area contributed by atoms with Crippen molar-refractivity contribution in [3.63, 3.8) is 0 Å². The molecule has 0 atom stereocenters. The predicted molar refractivity (Wildman–Crippen MR) is 205 cm³/mol. The van der Waals surface area contributed by atoms with Gasteiger partial charge >= 0.3 is 0 Å². The van der Waals surface area contributed by atoms with E-state index in [9.17, 15) is 0 Å². The molecule has 0 aliphatic rings. The zero-order chi connectivity index (χ0) is 32.9. The Kier molecular flexibility index (Phi) is 7.37. The van der Waals surface area contributed by atoms with Gasteiger partial charge in [-0.3, -0.25) is 0 Å². The summed E-state index contributed by atoms with van der Waals surface area (Å²) >= 11 is 7.16. The molecule has 3 heterocycles. The van der Waals surface area contributed by atoms with Crippen LogP contribution >= 0.6 is 31.9 Å². The standard InChI is InChI=1S/C42H26Br2N4O/c43-31-13-17-33(18-14-31)47-39(25-37(45-47)27-7-3-1-4-8-27)29-11-21-41-35(23-29)36-24-30(12-22-42(36)49-41)40-26-38(28-9-5-2-6-10-28)46-48(40)34-19-15-32(44)16-20-34/h1-26H. The number of rotatable bonds is 6. The van der Waals surface area contributed by atoms with Crippen molar-refractivity contribution in [2.45, 2.75) is 0 Å². The Morgan fingerprint density at radius 2 is 0.816 bits per heavy atom. The Morgan fingerprint density at radius 3 is 1.22 bits per heavy atom. The molecule has 3 aromatic heterocycles. The maximum Gasteiger partial charge on any atom is 0.135 e. The van der Waals surface area contributed by atoms with E-state index in [4.69, 9.17) is 14.6 Å². The average molecular weight is 763 g/mol. The molecule has 7 heteroatoms. The van der Waals surface area contributed by atoms with Crippen molar-refractivity contribution in [3.8, 4) is 56.4 Å². The number of halogens is 2. The fraction of sp³-hybridized carbons (Fsp3) is 0. The first-order valence-corrected chi connectivity index (χ1v) is 17.5. The number of benzene rings is 6. The number of hydrogen-bond donors (Lipinski definition) is 0. The molecule has 0 radical (unpaired) electrons. The molecular weight excluding hydrogens is 736 g/mol. The number of hydrogen-bond acceptors (Lipinski definition) is 3. The molecule has 0 spiro atoms. The van der Waals surface area contributed by atoms with Gasteiger partial charge < -0.3 is 4.42 Å².